The molecule has 0 atom stereocenters. The third-order valence-electron chi connectivity index (χ3n) is 3.34. The van der Waals surface area contributed by atoms with E-state index in [4.69, 9.17) is 4.98 Å². The van der Waals surface area contributed by atoms with Crippen LogP contribution in [0, 0.1) is 0 Å². The Bertz CT molecular complexity index is 582. The van der Waals surface area contributed by atoms with Gasteiger partial charge in [-0.05, 0) is 18.6 Å². The van der Waals surface area contributed by atoms with E-state index in [0.29, 0.717) is 0 Å². The van der Waals surface area contributed by atoms with Crippen molar-refractivity contribution in [1.29, 1.82) is 0 Å². The van der Waals surface area contributed by atoms with Gasteiger partial charge in [0.25, 0.3) is 0 Å². The first-order valence-electron chi connectivity index (χ1n) is 6.31. The zero-order valence-electron chi connectivity index (χ0n) is 10.8. The number of rotatable bonds is 2. The Labute approximate surface area is 107 Å². The van der Waals surface area contributed by atoms with Gasteiger partial charge in [0.2, 0.25) is 0 Å². The summed E-state index contributed by atoms with van der Waals surface area (Å²) < 4.78 is 0. The molecule has 4 nitrogen and oxygen atoms in total. The zero-order chi connectivity index (χ0) is 12.5. The van der Waals surface area contributed by atoms with Crippen LogP contribution in [0.25, 0.3) is 11.0 Å². The number of anilines is 2. The minimum atomic E-state index is 0.973. The van der Waals surface area contributed by atoms with Crippen LogP contribution in [0.3, 0.4) is 0 Å². The molecule has 1 N–H and O–H groups in total. The van der Waals surface area contributed by atoms with Gasteiger partial charge < -0.3 is 14.8 Å². The van der Waals surface area contributed by atoms with Gasteiger partial charge in [-0.1, -0.05) is 12.2 Å². The van der Waals surface area contributed by atoms with Crippen LogP contribution in [-0.4, -0.2) is 37.2 Å². The summed E-state index contributed by atoms with van der Waals surface area (Å²) in [5.74, 6) is 0.996. The average Bonchev–Trinajstić information content (AvgIpc) is 2.82. The molecule has 0 unspecified atom stereocenters. The first-order chi connectivity index (χ1) is 8.75. The highest BCUT2D eigenvalue weighted by molar-refractivity contribution is 5.90. The van der Waals surface area contributed by atoms with Gasteiger partial charge in [0.1, 0.15) is 11.3 Å². The molecule has 2 aromatic heterocycles. The van der Waals surface area contributed by atoms with Crippen molar-refractivity contribution in [3.63, 3.8) is 0 Å². The van der Waals surface area contributed by atoms with Crippen LogP contribution in [0.15, 0.2) is 30.5 Å². The van der Waals surface area contributed by atoms with Crippen molar-refractivity contribution in [2.75, 3.05) is 37.0 Å². The second-order valence-corrected chi connectivity index (χ2v) is 4.84. The number of aromatic nitrogens is 2. The summed E-state index contributed by atoms with van der Waals surface area (Å²) in [7, 11) is 4.04. The molecule has 18 heavy (non-hydrogen) atoms. The van der Waals surface area contributed by atoms with Gasteiger partial charge in [-0.2, -0.15) is 0 Å². The number of pyridine rings is 1. The van der Waals surface area contributed by atoms with Gasteiger partial charge in [0, 0.05) is 33.4 Å². The number of hydrogen-bond donors (Lipinski definition) is 1. The first kappa shape index (κ1) is 11.1. The fourth-order valence-corrected chi connectivity index (χ4v) is 2.33. The number of aromatic amines is 1. The zero-order valence-corrected chi connectivity index (χ0v) is 10.8. The van der Waals surface area contributed by atoms with Gasteiger partial charge in [-0.25, -0.2) is 4.98 Å². The maximum Gasteiger partial charge on any atom is 0.128 e. The number of nitrogens with zero attached hydrogens (tertiary/aromatic N) is 3. The van der Waals surface area contributed by atoms with Crippen molar-refractivity contribution < 1.29 is 0 Å². The molecular weight excluding hydrogens is 224 g/mol. The standard InChI is InChI=1S/C14H18N4/c1-17(2)13-7-6-11-14(16-13)12(10-15-11)18-8-4-3-5-9-18/h3-4,6-7,10,15H,5,8-9H2,1-2H3. The Morgan fingerprint density at radius 1 is 1.28 bits per heavy atom. The van der Waals surface area contributed by atoms with Gasteiger partial charge >= 0.3 is 0 Å². The summed E-state index contributed by atoms with van der Waals surface area (Å²) in [6.07, 6.45) is 7.64. The molecule has 0 saturated heterocycles. The Hall–Kier alpha value is -1.97. The van der Waals surface area contributed by atoms with E-state index >= 15 is 0 Å². The van der Waals surface area contributed by atoms with Gasteiger partial charge in [-0.15, -0.1) is 0 Å². The highest BCUT2D eigenvalue weighted by atomic mass is 15.2. The maximum atomic E-state index is 4.74. The summed E-state index contributed by atoms with van der Waals surface area (Å²) in [4.78, 5) is 12.4. The number of H-pyrrole nitrogens is 1. The molecule has 0 aliphatic carbocycles. The normalized spacial score (nSPS) is 15.3. The maximum absolute atomic E-state index is 4.74. The van der Waals surface area contributed by atoms with Crippen LogP contribution in [0.4, 0.5) is 11.5 Å². The van der Waals surface area contributed by atoms with E-state index in [9.17, 15) is 0 Å². The quantitative estimate of drug-likeness (QED) is 0.821. The minimum absolute atomic E-state index is 0.973. The molecule has 0 spiro atoms. The van der Waals surface area contributed by atoms with Crippen molar-refractivity contribution in [2.45, 2.75) is 6.42 Å². The van der Waals surface area contributed by atoms with E-state index < -0.39 is 0 Å². The summed E-state index contributed by atoms with van der Waals surface area (Å²) >= 11 is 0. The molecule has 1 aliphatic rings. The van der Waals surface area contributed by atoms with Gasteiger partial charge in [0.15, 0.2) is 0 Å². The Balaban J connectivity index is 2.06. The van der Waals surface area contributed by atoms with Crippen LogP contribution >= 0.6 is 0 Å². The van der Waals surface area contributed by atoms with Crippen molar-refractivity contribution in [3.8, 4) is 0 Å². The van der Waals surface area contributed by atoms with Crippen molar-refractivity contribution in [1.82, 2.24) is 9.97 Å². The summed E-state index contributed by atoms with van der Waals surface area (Å²) in [6.45, 7) is 2.04. The molecule has 3 heterocycles. The lowest BCUT2D eigenvalue weighted by Crippen LogP contribution is -2.26. The number of nitrogens with one attached hydrogen (secondary N) is 1. The van der Waals surface area contributed by atoms with E-state index in [1.165, 1.54) is 5.69 Å². The van der Waals surface area contributed by atoms with E-state index in [0.717, 1.165) is 36.4 Å². The van der Waals surface area contributed by atoms with E-state index in [1.54, 1.807) is 0 Å². The molecule has 1 aliphatic heterocycles. The van der Waals surface area contributed by atoms with Crippen LogP contribution in [0.1, 0.15) is 6.42 Å². The van der Waals surface area contributed by atoms with E-state index in [2.05, 4.69) is 34.3 Å². The van der Waals surface area contributed by atoms with Crippen LogP contribution < -0.4 is 9.80 Å². The highest BCUT2D eigenvalue weighted by Crippen LogP contribution is 2.27. The first-order valence-corrected chi connectivity index (χ1v) is 6.31. The van der Waals surface area contributed by atoms with E-state index in [1.807, 2.05) is 25.1 Å². The molecule has 0 aromatic carbocycles. The lowest BCUT2D eigenvalue weighted by molar-refractivity contribution is 0.823. The van der Waals surface area contributed by atoms with E-state index in [-0.39, 0.29) is 0 Å². The Kier molecular flexibility index (Phi) is 2.70. The lowest BCUT2D eigenvalue weighted by atomic mass is 10.2. The number of hydrogen-bond acceptors (Lipinski definition) is 3. The highest BCUT2D eigenvalue weighted by Gasteiger charge is 2.14. The fraction of sp³-hybridized carbons (Fsp3) is 0.357. The lowest BCUT2D eigenvalue weighted by Gasteiger charge is -2.24. The topological polar surface area (TPSA) is 35.2 Å². The van der Waals surface area contributed by atoms with Crippen LogP contribution in [0.5, 0.6) is 0 Å². The van der Waals surface area contributed by atoms with Gasteiger partial charge in [-0.3, -0.25) is 0 Å². The second-order valence-electron chi connectivity index (χ2n) is 4.84. The second kappa shape index (κ2) is 4.37. The predicted octanol–water partition coefficient (Wildman–Crippen LogP) is 2.40. The monoisotopic (exact) mass is 242 g/mol. The van der Waals surface area contributed by atoms with Crippen LogP contribution in [0.2, 0.25) is 0 Å². The molecule has 3 rings (SSSR count). The smallest absolute Gasteiger partial charge is 0.128 e. The fourth-order valence-electron chi connectivity index (χ4n) is 2.33. The molecule has 94 valence electrons. The Morgan fingerprint density at radius 2 is 2.17 bits per heavy atom. The molecular formula is C14H18N4. The minimum Gasteiger partial charge on any atom is -0.365 e. The molecule has 0 radical (unpaired) electrons. The molecule has 0 amide bonds. The molecule has 0 bridgehead atoms. The van der Waals surface area contributed by atoms with Crippen molar-refractivity contribution in [2.24, 2.45) is 0 Å². The SMILES string of the molecule is CN(C)c1ccc2[nH]cc(N3CC=CCC3)c2n1. The van der Waals surface area contributed by atoms with Gasteiger partial charge in [0.05, 0.1) is 11.2 Å². The molecule has 4 heteroatoms. The molecule has 2 aromatic rings. The third kappa shape index (κ3) is 1.83. The van der Waals surface area contributed by atoms with Crippen molar-refractivity contribution >= 4 is 22.5 Å². The average molecular weight is 242 g/mol. The van der Waals surface area contributed by atoms with Crippen LogP contribution in [-0.2, 0) is 0 Å². The molecule has 0 fully saturated rings. The summed E-state index contributed by atoms with van der Waals surface area (Å²) in [5, 5.41) is 0. The third-order valence-corrected chi connectivity index (χ3v) is 3.34. The molecule has 0 saturated carbocycles. The van der Waals surface area contributed by atoms with Crippen molar-refractivity contribution in [3.05, 3.63) is 30.5 Å². The Morgan fingerprint density at radius 3 is 2.89 bits per heavy atom. The largest absolute Gasteiger partial charge is 0.365 e. The number of fused-ring (bicyclic) bond motifs is 1. The predicted molar refractivity (Wildman–Crippen MR) is 76.4 cm³/mol. The summed E-state index contributed by atoms with van der Waals surface area (Å²) in [5.41, 5.74) is 3.37. The summed E-state index contributed by atoms with van der Waals surface area (Å²) in [6, 6.07) is 4.14.